The molecule has 1 aliphatic rings. The van der Waals surface area contributed by atoms with E-state index in [1.807, 2.05) is 19.9 Å². The quantitative estimate of drug-likeness (QED) is 0.291. The van der Waals surface area contributed by atoms with E-state index in [0.717, 1.165) is 41.1 Å². The van der Waals surface area contributed by atoms with Crippen molar-refractivity contribution in [3.63, 3.8) is 0 Å². The van der Waals surface area contributed by atoms with Crippen molar-refractivity contribution in [2.75, 3.05) is 10.8 Å². The van der Waals surface area contributed by atoms with E-state index in [0.29, 0.717) is 21.3 Å². The second kappa shape index (κ2) is 13.3. The first-order valence-electron chi connectivity index (χ1n) is 13.7. The smallest absolute Gasteiger partial charge is 0.264 e. The molecular weight excluding hydrogens is 581 g/mol. The van der Waals surface area contributed by atoms with Crippen molar-refractivity contribution < 1.29 is 18.0 Å². The van der Waals surface area contributed by atoms with E-state index in [2.05, 4.69) is 5.32 Å². The maximum absolute atomic E-state index is 14.1. The van der Waals surface area contributed by atoms with Gasteiger partial charge in [-0.05, 0) is 80.6 Å². The van der Waals surface area contributed by atoms with Crippen molar-refractivity contribution in [3.8, 4) is 0 Å². The van der Waals surface area contributed by atoms with Gasteiger partial charge in [0, 0.05) is 12.6 Å². The summed E-state index contributed by atoms with van der Waals surface area (Å²) in [6.45, 7) is 4.92. The van der Waals surface area contributed by atoms with Crippen LogP contribution in [0, 0.1) is 13.8 Å². The van der Waals surface area contributed by atoms with Crippen LogP contribution in [0.15, 0.2) is 71.6 Å². The maximum atomic E-state index is 14.1. The van der Waals surface area contributed by atoms with Gasteiger partial charge in [-0.2, -0.15) is 0 Å². The zero-order valence-corrected chi connectivity index (χ0v) is 25.8. The van der Waals surface area contributed by atoms with Gasteiger partial charge in [0.05, 0.1) is 20.6 Å². The van der Waals surface area contributed by atoms with Gasteiger partial charge >= 0.3 is 0 Å². The summed E-state index contributed by atoms with van der Waals surface area (Å²) in [6.07, 6.45) is 3.89. The number of sulfonamides is 1. The van der Waals surface area contributed by atoms with Crippen molar-refractivity contribution in [2.24, 2.45) is 0 Å². The van der Waals surface area contributed by atoms with Gasteiger partial charge in [0.25, 0.3) is 10.0 Å². The van der Waals surface area contributed by atoms with E-state index in [1.165, 1.54) is 17.0 Å². The summed E-state index contributed by atoms with van der Waals surface area (Å²) in [7, 11) is -4.13. The van der Waals surface area contributed by atoms with Crippen molar-refractivity contribution in [1.29, 1.82) is 0 Å². The van der Waals surface area contributed by atoms with E-state index in [9.17, 15) is 18.0 Å². The van der Waals surface area contributed by atoms with E-state index in [4.69, 9.17) is 23.2 Å². The third-order valence-corrected chi connectivity index (χ3v) is 10.2. The van der Waals surface area contributed by atoms with Crippen molar-refractivity contribution in [3.05, 3.63) is 93.5 Å². The largest absolute Gasteiger partial charge is 0.352 e. The Bertz CT molecular complexity index is 1510. The second-order valence-electron chi connectivity index (χ2n) is 10.5. The lowest BCUT2D eigenvalue weighted by Crippen LogP contribution is -2.52. The molecule has 7 nitrogen and oxygen atoms in total. The standard InChI is InChI=1S/C31H35Cl2N3O4S/c1-21-10-9-15-29(22(21)2)36(41(39,40)26-13-5-4-6-14-26)20-30(37)35(19-24-16-17-27(32)28(33)18-24)23(3)31(38)34-25-11-7-8-12-25/h4-6,9-10,13-18,23,25H,7-8,11-12,19-20H2,1-3H3,(H,34,38)/t23-/m1/s1. The Balaban J connectivity index is 1.72. The van der Waals surface area contributed by atoms with E-state index in [-0.39, 0.29) is 23.4 Å². The van der Waals surface area contributed by atoms with E-state index in [1.54, 1.807) is 55.5 Å². The van der Waals surface area contributed by atoms with E-state index >= 15 is 0 Å². The maximum Gasteiger partial charge on any atom is 0.264 e. The van der Waals surface area contributed by atoms with Gasteiger partial charge in [-0.25, -0.2) is 8.42 Å². The minimum absolute atomic E-state index is 0.0427. The van der Waals surface area contributed by atoms with Gasteiger partial charge in [0.15, 0.2) is 0 Å². The fraction of sp³-hybridized carbons (Fsp3) is 0.355. The molecule has 2 amide bonds. The highest BCUT2D eigenvalue weighted by Crippen LogP contribution is 2.30. The number of rotatable bonds is 10. The highest BCUT2D eigenvalue weighted by Gasteiger charge is 2.34. The number of amides is 2. The minimum Gasteiger partial charge on any atom is -0.352 e. The molecule has 0 heterocycles. The van der Waals surface area contributed by atoms with Crippen LogP contribution >= 0.6 is 23.2 Å². The summed E-state index contributed by atoms with van der Waals surface area (Å²) >= 11 is 12.4. The van der Waals surface area contributed by atoms with Crippen LogP contribution in [-0.2, 0) is 26.2 Å². The monoisotopic (exact) mass is 615 g/mol. The molecule has 0 saturated heterocycles. The third kappa shape index (κ3) is 7.23. The zero-order chi connectivity index (χ0) is 29.7. The molecular formula is C31H35Cl2N3O4S. The summed E-state index contributed by atoms with van der Waals surface area (Å²) in [6, 6.07) is 17.6. The zero-order valence-electron chi connectivity index (χ0n) is 23.4. The van der Waals surface area contributed by atoms with Crippen molar-refractivity contribution >= 4 is 50.7 Å². The normalized spacial score (nSPS) is 14.5. The number of carbonyl (C=O) groups excluding carboxylic acids is 2. The average Bonchev–Trinajstić information content (AvgIpc) is 3.47. The predicted molar refractivity (Wildman–Crippen MR) is 164 cm³/mol. The Kier molecular flexibility index (Phi) is 10.00. The molecule has 0 spiro atoms. The number of anilines is 1. The number of hydrogen-bond acceptors (Lipinski definition) is 4. The summed E-state index contributed by atoms with van der Waals surface area (Å²) in [5, 5.41) is 3.76. The Labute approximate surface area is 252 Å². The van der Waals surface area contributed by atoms with Gasteiger partial charge in [-0.1, -0.05) is 72.4 Å². The van der Waals surface area contributed by atoms with Crippen LogP contribution in [0.3, 0.4) is 0 Å². The molecule has 218 valence electrons. The molecule has 1 aliphatic carbocycles. The van der Waals surface area contributed by atoms with Crippen LogP contribution in [0.4, 0.5) is 5.69 Å². The first-order valence-corrected chi connectivity index (χ1v) is 15.9. The summed E-state index contributed by atoms with van der Waals surface area (Å²) < 4.78 is 29.1. The molecule has 1 atom stereocenters. The highest BCUT2D eigenvalue weighted by molar-refractivity contribution is 7.92. The fourth-order valence-corrected chi connectivity index (χ4v) is 6.86. The first-order chi connectivity index (χ1) is 19.5. The van der Waals surface area contributed by atoms with Crippen LogP contribution in [0.5, 0.6) is 0 Å². The molecule has 1 saturated carbocycles. The number of benzene rings is 3. The van der Waals surface area contributed by atoms with Crippen molar-refractivity contribution in [1.82, 2.24) is 10.2 Å². The highest BCUT2D eigenvalue weighted by atomic mass is 35.5. The summed E-state index contributed by atoms with van der Waals surface area (Å²) in [5.74, 6) is -0.805. The summed E-state index contributed by atoms with van der Waals surface area (Å²) in [4.78, 5) is 28.9. The van der Waals surface area contributed by atoms with Crippen LogP contribution in [0.25, 0.3) is 0 Å². The van der Waals surface area contributed by atoms with Gasteiger partial charge in [-0.3, -0.25) is 13.9 Å². The van der Waals surface area contributed by atoms with Crippen LogP contribution < -0.4 is 9.62 Å². The van der Waals surface area contributed by atoms with E-state index < -0.39 is 28.5 Å². The number of aryl methyl sites for hydroxylation is 1. The Morgan fingerprint density at radius 2 is 1.63 bits per heavy atom. The number of hydrogen-bond donors (Lipinski definition) is 1. The lowest BCUT2D eigenvalue weighted by atomic mass is 10.1. The Morgan fingerprint density at radius 1 is 0.951 bits per heavy atom. The molecule has 4 rings (SSSR count). The molecule has 41 heavy (non-hydrogen) atoms. The second-order valence-corrected chi connectivity index (χ2v) is 13.2. The molecule has 1 fully saturated rings. The topological polar surface area (TPSA) is 86.8 Å². The molecule has 0 aromatic heterocycles. The van der Waals surface area contributed by atoms with Crippen molar-refractivity contribution in [2.45, 2.75) is 70.0 Å². The van der Waals surface area contributed by atoms with Gasteiger partial charge < -0.3 is 10.2 Å². The van der Waals surface area contributed by atoms with Gasteiger partial charge in [-0.15, -0.1) is 0 Å². The molecule has 3 aromatic carbocycles. The predicted octanol–water partition coefficient (Wildman–Crippen LogP) is 6.28. The average molecular weight is 617 g/mol. The molecule has 0 unspecified atom stereocenters. The number of nitrogens with zero attached hydrogens (tertiary/aromatic N) is 2. The number of nitrogens with one attached hydrogen (secondary N) is 1. The number of carbonyl (C=O) groups is 2. The van der Waals surface area contributed by atoms with Crippen LogP contribution in [0.2, 0.25) is 10.0 Å². The molecule has 3 aromatic rings. The Hall–Kier alpha value is -3.07. The fourth-order valence-electron chi connectivity index (χ4n) is 5.05. The summed E-state index contributed by atoms with van der Waals surface area (Å²) in [5.41, 5.74) is 2.69. The van der Waals surface area contributed by atoms with Gasteiger partial charge in [0.1, 0.15) is 12.6 Å². The lowest BCUT2D eigenvalue weighted by molar-refractivity contribution is -0.139. The Morgan fingerprint density at radius 3 is 2.29 bits per heavy atom. The molecule has 0 bridgehead atoms. The van der Waals surface area contributed by atoms with Gasteiger partial charge in [0.2, 0.25) is 11.8 Å². The SMILES string of the molecule is Cc1cccc(N(CC(=O)N(Cc2ccc(Cl)c(Cl)c2)[C@H](C)C(=O)NC2CCCC2)S(=O)(=O)c2ccccc2)c1C. The third-order valence-electron chi connectivity index (χ3n) is 7.66. The minimum atomic E-state index is -4.13. The molecule has 1 N–H and O–H groups in total. The molecule has 0 aliphatic heterocycles. The van der Waals surface area contributed by atoms with Crippen LogP contribution in [0.1, 0.15) is 49.3 Å². The number of halogens is 2. The molecule has 10 heteroatoms. The molecule has 0 radical (unpaired) electrons. The van der Waals surface area contributed by atoms with Crippen LogP contribution in [-0.4, -0.2) is 43.8 Å². The first kappa shape index (κ1) is 30.9. The lowest BCUT2D eigenvalue weighted by Gasteiger charge is -2.33.